The molecular weight excluding hydrogens is 291 g/mol. The van der Waals surface area contributed by atoms with Crippen LogP contribution in [0.1, 0.15) is 33.6 Å². The van der Waals surface area contributed by atoms with E-state index < -0.39 is 5.82 Å². The van der Waals surface area contributed by atoms with Crippen LogP contribution < -0.4 is 9.77 Å². The molecule has 21 heavy (non-hydrogen) atoms. The number of fused-ring (bicyclic) bond motifs is 1. The minimum absolute atomic E-state index is 0.0896. The van der Waals surface area contributed by atoms with Gasteiger partial charge < -0.3 is 4.90 Å². The Bertz CT molecular complexity index is 720. The first kappa shape index (κ1) is 15.7. The van der Waals surface area contributed by atoms with Gasteiger partial charge in [0, 0.05) is 20.0 Å². The molecule has 4 nitrogen and oxygen atoms in total. The summed E-state index contributed by atoms with van der Waals surface area (Å²) in [6.07, 6.45) is 1.56. The maximum Gasteiger partial charge on any atom is 0.308 e. The third-order valence-electron chi connectivity index (χ3n) is 3.30. The number of aromatic nitrogens is 1. The number of anilines is 1. The molecule has 0 saturated heterocycles. The van der Waals surface area contributed by atoms with Crippen molar-refractivity contribution in [3.63, 3.8) is 0 Å². The third-order valence-corrected chi connectivity index (χ3v) is 4.24. The highest BCUT2D eigenvalue weighted by molar-refractivity contribution is 7.16. The van der Waals surface area contributed by atoms with Crippen molar-refractivity contribution in [2.45, 2.75) is 40.2 Å². The van der Waals surface area contributed by atoms with Gasteiger partial charge in [-0.15, -0.1) is 0 Å². The summed E-state index contributed by atoms with van der Waals surface area (Å²) in [4.78, 5) is 25.0. The fourth-order valence-electron chi connectivity index (χ4n) is 2.39. The lowest BCUT2D eigenvalue weighted by Gasteiger charge is -2.21. The minimum atomic E-state index is -0.462. The molecule has 0 N–H and O–H groups in total. The molecule has 0 aliphatic heterocycles. The van der Waals surface area contributed by atoms with Crippen LogP contribution in [0.4, 0.5) is 10.1 Å². The van der Waals surface area contributed by atoms with Crippen molar-refractivity contribution in [2.75, 3.05) is 11.4 Å². The maximum atomic E-state index is 14.3. The van der Waals surface area contributed by atoms with Crippen LogP contribution in [0.2, 0.25) is 0 Å². The van der Waals surface area contributed by atoms with Gasteiger partial charge in [0.2, 0.25) is 5.91 Å². The van der Waals surface area contributed by atoms with Crippen molar-refractivity contribution < 1.29 is 9.18 Å². The second kappa shape index (κ2) is 6.39. The zero-order valence-electron chi connectivity index (χ0n) is 12.5. The maximum absolute atomic E-state index is 14.3. The predicted octanol–water partition coefficient (Wildman–Crippen LogP) is 3.38. The molecule has 0 atom stereocenters. The highest BCUT2D eigenvalue weighted by atomic mass is 32.1. The van der Waals surface area contributed by atoms with Gasteiger partial charge in [-0.2, -0.15) is 0 Å². The van der Waals surface area contributed by atoms with Gasteiger partial charge in [0.1, 0.15) is 5.82 Å². The molecule has 0 saturated carbocycles. The van der Waals surface area contributed by atoms with Gasteiger partial charge in [-0.1, -0.05) is 25.2 Å². The zero-order valence-corrected chi connectivity index (χ0v) is 13.3. The smallest absolute Gasteiger partial charge is 0.308 e. The standard InChI is InChI=1S/C15H19FN2O2S/c1-4-6-17(10(3)19)12-9-13-14(8-11(12)16)21-15(20)18(13)7-5-2/h8-9H,4-7H2,1-3H3. The Labute approximate surface area is 126 Å². The lowest BCUT2D eigenvalue weighted by molar-refractivity contribution is -0.116. The Morgan fingerprint density at radius 3 is 2.62 bits per heavy atom. The van der Waals surface area contributed by atoms with E-state index in [0.29, 0.717) is 23.3 Å². The number of thiazole rings is 1. The molecule has 114 valence electrons. The number of amides is 1. The summed E-state index contributed by atoms with van der Waals surface area (Å²) in [5.41, 5.74) is 0.949. The quantitative estimate of drug-likeness (QED) is 0.849. The first-order valence-corrected chi connectivity index (χ1v) is 7.92. The van der Waals surface area contributed by atoms with Gasteiger partial charge >= 0.3 is 4.87 Å². The fraction of sp³-hybridized carbons (Fsp3) is 0.467. The van der Waals surface area contributed by atoms with Gasteiger partial charge in [-0.05, 0) is 25.0 Å². The monoisotopic (exact) mass is 310 g/mol. The van der Waals surface area contributed by atoms with Crippen LogP contribution in [-0.2, 0) is 11.3 Å². The van der Waals surface area contributed by atoms with E-state index in [-0.39, 0.29) is 16.5 Å². The molecule has 0 aliphatic rings. The molecule has 0 spiro atoms. The molecular formula is C15H19FN2O2S. The Balaban J connectivity index is 2.64. The molecule has 1 heterocycles. The fourth-order valence-corrected chi connectivity index (χ4v) is 3.31. The number of nitrogens with zero attached hydrogens (tertiary/aromatic N) is 2. The number of rotatable bonds is 5. The minimum Gasteiger partial charge on any atom is -0.310 e. The Kier molecular flexibility index (Phi) is 4.77. The normalized spacial score (nSPS) is 11.0. The van der Waals surface area contributed by atoms with E-state index >= 15 is 0 Å². The van der Waals surface area contributed by atoms with E-state index in [4.69, 9.17) is 0 Å². The number of halogens is 1. The first-order chi connectivity index (χ1) is 9.99. The number of aryl methyl sites for hydroxylation is 1. The van der Waals surface area contributed by atoms with Gasteiger partial charge in [-0.3, -0.25) is 14.2 Å². The van der Waals surface area contributed by atoms with E-state index in [0.717, 1.165) is 24.2 Å². The molecule has 0 aliphatic carbocycles. The molecule has 1 aromatic carbocycles. The van der Waals surface area contributed by atoms with E-state index in [1.807, 2.05) is 13.8 Å². The molecule has 1 aromatic heterocycles. The average Bonchev–Trinajstić information content (AvgIpc) is 2.71. The Morgan fingerprint density at radius 2 is 2.05 bits per heavy atom. The van der Waals surface area contributed by atoms with Crippen LogP contribution in [0, 0.1) is 5.82 Å². The van der Waals surface area contributed by atoms with Crippen molar-refractivity contribution in [3.05, 3.63) is 27.6 Å². The van der Waals surface area contributed by atoms with Crippen molar-refractivity contribution in [2.24, 2.45) is 0 Å². The largest absolute Gasteiger partial charge is 0.310 e. The summed E-state index contributed by atoms with van der Waals surface area (Å²) in [5, 5.41) is 0. The topological polar surface area (TPSA) is 42.3 Å². The summed E-state index contributed by atoms with van der Waals surface area (Å²) < 4.78 is 16.5. The molecule has 2 aromatic rings. The second-order valence-corrected chi connectivity index (χ2v) is 5.95. The number of carbonyl (C=O) groups is 1. The van der Waals surface area contributed by atoms with Crippen molar-refractivity contribution in [3.8, 4) is 0 Å². The van der Waals surface area contributed by atoms with E-state index in [2.05, 4.69) is 0 Å². The van der Waals surface area contributed by atoms with Crippen LogP contribution in [-0.4, -0.2) is 17.0 Å². The number of benzene rings is 1. The number of hydrogen-bond acceptors (Lipinski definition) is 3. The summed E-state index contributed by atoms with van der Waals surface area (Å²) in [6.45, 7) is 6.40. The van der Waals surface area contributed by atoms with Crippen LogP contribution in [0.15, 0.2) is 16.9 Å². The Hall–Kier alpha value is -1.69. The molecule has 6 heteroatoms. The molecule has 1 amide bonds. The average molecular weight is 310 g/mol. The highest BCUT2D eigenvalue weighted by Gasteiger charge is 2.18. The van der Waals surface area contributed by atoms with Crippen LogP contribution in [0.5, 0.6) is 0 Å². The number of carbonyl (C=O) groups excluding carboxylic acids is 1. The van der Waals surface area contributed by atoms with Gasteiger partial charge in [0.05, 0.1) is 15.9 Å². The predicted molar refractivity (Wildman–Crippen MR) is 84.7 cm³/mol. The van der Waals surface area contributed by atoms with Crippen molar-refractivity contribution >= 4 is 33.1 Å². The number of hydrogen-bond donors (Lipinski definition) is 0. The lowest BCUT2D eigenvalue weighted by Crippen LogP contribution is -2.30. The molecule has 0 fully saturated rings. The molecule has 0 unspecified atom stereocenters. The van der Waals surface area contributed by atoms with Gasteiger partial charge in [-0.25, -0.2) is 4.39 Å². The summed E-state index contributed by atoms with van der Waals surface area (Å²) >= 11 is 1.04. The van der Waals surface area contributed by atoms with E-state index in [1.165, 1.54) is 17.9 Å². The van der Waals surface area contributed by atoms with E-state index in [1.54, 1.807) is 10.6 Å². The molecule has 0 radical (unpaired) electrons. The molecule has 0 bridgehead atoms. The van der Waals surface area contributed by atoms with E-state index in [9.17, 15) is 14.0 Å². The van der Waals surface area contributed by atoms with Crippen LogP contribution in [0.25, 0.3) is 10.2 Å². The second-order valence-electron chi connectivity index (χ2n) is 4.96. The van der Waals surface area contributed by atoms with Gasteiger partial charge in [0.15, 0.2) is 0 Å². The zero-order chi connectivity index (χ0) is 15.6. The van der Waals surface area contributed by atoms with Crippen LogP contribution in [0.3, 0.4) is 0 Å². The summed E-state index contributed by atoms with van der Waals surface area (Å²) in [6, 6.07) is 2.98. The lowest BCUT2D eigenvalue weighted by atomic mass is 10.2. The summed E-state index contributed by atoms with van der Waals surface area (Å²) in [7, 11) is 0. The Morgan fingerprint density at radius 1 is 1.33 bits per heavy atom. The SMILES string of the molecule is CCCN(C(C)=O)c1cc2c(cc1F)sc(=O)n2CCC. The van der Waals surface area contributed by atoms with Gasteiger partial charge in [0.25, 0.3) is 0 Å². The van der Waals surface area contributed by atoms with Crippen molar-refractivity contribution in [1.29, 1.82) is 0 Å². The summed E-state index contributed by atoms with van der Waals surface area (Å²) in [5.74, 6) is -0.661. The third kappa shape index (κ3) is 3.00. The first-order valence-electron chi connectivity index (χ1n) is 7.10. The van der Waals surface area contributed by atoms with Crippen LogP contribution >= 0.6 is 11.3 Å². The highest BCUT2D eigenvalue weighted by Crippen LogP contribution is 2.28. The van der Waals surface area contributed by atoms with Crippen molar-refractivity contribution in [1.82, 2.24) is 4.57 Å². The molecule has 2 rings (SSSR count).